The van der Waals surface area contributed by atoms with Crippen LogP contribution in [0.5, 0.6) is 0 Å². The molecule has 0 atom stereocenters. The lowest BCUT2D eigenvalue weighted by Crippen LogP contribution is -2.52. The summed E-state index contributed by atoms with van der Waals surface area (Å²) in [7, 11) is 0. The Morgan fingerprint density at radius 2 is 1.67 bits per heavy atom. The van der Waals surface area contributed by atoms with E-state index in [4.69, 9.17) is 0 Å². The number of carbonyl (C=O) groups excluding carboxylic acids is 3. The van der Waals surface area contributed by atoms with Gasteiger partial charge in [0.1, 0.15) is 6.54 Å². The minimum atomic E-state index is -0.0225. The van der Waals surface area contributed by atoms with Crippen LogP contribution in [0.15, 0.2) is 46.9 Å². The number of anilines is 2. The van der Waals surface area contributed by atoms with Crippen LogP contribution in [0.2, 0.25) is 0 Å². The van der Waals surface area contributed by atoms with Crippen molar-refractivity contribution >= 4 is 44.9 Å². The number of rotatable bonds is 4. The first-order valence-electron chi connectivity index (χ1n) is 10.1. The Bertz CT molecular complexity index is 982. The summed E-state index contributed by atoms with van der Waals surface area (Å²) in [6.07, 6.45) is 1.14. The minimum absolute atomic E-state index is 0.00219. The number of nitrogens with zero attached hydrogens (tertiary/aromatic N) is 3. The molecule has 2 aromatic carbocycles. The van der Waals surface area contributed by atoms with Crippen LogP contribution in [0.25, 0.3) is 0 Å². The molecule has 0 radical (unpaired) electrons. The molecule has 2 amide bonds. The summed E-state index contributed by atoms with van der Waals surface area (Å²) >= 11 is 3.47. The number of carbonyl (C=O) groups is 3. The van der Waals surface area contributed by atoms with Gasteiger partial charge in [-0.05, 0) is 61.4 Å². The molecule has 0 aliphatic carbocycles. The van der Waals surface area contributed by atoms with Crippen molar-refractivity contribution < 1.29 is 14.4 Å². The van der Waals surface area contributed by atoms with E-state index < -0.39 is 0 Å². The highest BCUT2D eigenvalue weighted by molar-refractivity contribution is 9.10. The summed E-state index contributed by atoms with van der Waals surface area (Å²) in [5.41, 5.74) is 3.69. The summed E-state index contributed by atoms with van der Waals surface area (Å²) in [5, 5.41) is 0. The fourth-order valence-electron chi connectivity index (χ4n) is 4.06. The standard InChI is InChI=1S/C23H24BrN3O3/c1-16(28)17-2-6-20(7-3-17)25-10-12-26(13-11-25)23(30)15-27-21-8-5-19(24)14-18(21)4-9-22(27)29/h2-3,5-8,14H,4,9-13,15H2,1H3. The zero-order valence-electron chi connectivity index (χ0n) is 16.9. The molecule has 4 rings (SSSR count). The molecule has 0 unspecified atom stereocenters. The van der Waals surface area contributed by atoms with Crippen LogP contribution in [0, 0.1) is 0 Å². The highest BCUT2D eigenvalue weighted by Gasteiger charge is 2.29. The van der Waals surface area contributed by atoms with Crippen molar-refractivity contribution in [2.75, 3.05) is 42.5 Å². The van der Waals surface area contributed by atoms with E-state index in [-0.39, 0.29) is 24.1 Å². The summed E-state index contributed by atoms with van der Waals surface area (Å²) in [6, 6.07) is 13.4. The first kappa shape index (κ1) is 20.6. The first-order valence-corrected chi connectivity index (χ1v) is 10.9. The zero-order valence-corrected chi connectivity index (χ0v) is 18.5. The molecule has 0 saturated carbocycles. The summed E-state index contributed by atoms with van der Waals surface area (Å²) in [5.74, 6) is 0.0335. The number of halogens is 1. The molecular formula is C23H24BrN3O3. The van der Waals surface area contributed by atoms with Crippen molar-refractivity contribution in [1.82, 2.24) is 4.90 Å². The predicted molar refractivity (Wildman–Crippen MR) is 120 cm³/mol. The van der Waals surface area contributed by atoms with Crippen molar-refractivity contribution in [3.05, 3.63) is 58.1 Å². The molecule has 1 saturated heterocycles. The third-order valence-corrected chi connectivity index (χ3v) is 6.30. The summed E-state index contributed by atoms with van der Waals surface area (Å²) < 4.78 is 0.981. The smallest absolute Gasteiger partial charge is 0.242 e. The first-order chi connectivity index (χ1) is 14.4. The number of fused-ring (bicyclic) bond motifs is 1. The van der Waals surface area contributed by atoms with Crippen LogP contribution in [0.4, 0.5) is 11.4 Å². The summed E-state index contributed by atoms with van der Waals surface area (Å²) in [6.45, 7) is 4.32. The maximum Gasteiger partial charge on any atom is 0.242 e. The quantitative estimate of drug-likeness (QED) is 0.644. The third-order valence-electron chi connectivity index (χ3n) is 5.81. The highest BCUT2D eigenvalue weighted by atomic mass is 79.9. The lowest BCUT2D eigenvalue weighted by molar-refractivity contribution is -0.131. The Balaban J connectivity index is 1.38. The van der Waals surface area contributed by atoms with Gasteiger partial charge in [0.2, 0.25) is 11.8 Å². The molecule has 30 heavy (non-hydrogen) atoms. The van der Waals surface area contributed by atoms with Gasteiger partial charge in [-0.2, -0.15) is 0 Å². The van der Waals surface area contributed by atoms with Gasteiger partial charge >= 0.3 is 0 Å². The molecule has 2 aliphatic heterocycles. The van der Waals surface area contributed by atoms with E-state index >= 15 is 0 Å². The van der Waals surface area contributed by atoms with Gasteiger partial charge < -0.3 is 14.7 Å². The van der Waals surface area contributed by atoms with E-state index in [2.05, 4.69) is 20.8 Å². The van der Waals surface area contributed by atoms with Gasteiger partial charge in [-0.25, -0.2) is 0 Å². The second-order valence-electron chi connectivity index (χ2n) is 7.72. The molecular weight excluding hydrogens is 446 g/mol. The molecule has 0 N–H and O–H groups in total. The van der Waals surface area contributed by atoms with E-state index in [0.29, 0.717) is 31.5 Å². The normalized spacial score (nSPS) is 16.5. The Morgan fingerprint density at radius 1 is 0.967 bits per heavy atom. The monoisotopic (exact) mass is 469 g/mol. The van der Waals surface area contributed by atoms with Gasteiger partial charge in [-0.3, -0.25) is 14.4 Å². The number of ketones is 1. The van der Waals surface area contributed by atoms with Gasteiger partial charge in [-0.15, -0.1) is 0 Å². The maximum atomic E-state index is 12.9. The highest BCUT2D eigenvalue weighted by Crippen LogP contribution is 2.30. The van der Waals surface area contributed by atoms with Crippen LogP contribution >= 0.6 is 15.9 Å². The molecule has 0 bridgehead atoms. The Hall–Kier alpha value is -2.67. The van der Waals surface area contributed by atoms with Crippen molar-refractivity contribution in [2.24, 2.45) is 0 Å². The van der Waals surface area contributed by atoms with E-state index in [9.17, 15) is 14.4 Å². The van der Waals surface area contributed by atoms with E-state index in [1.54, 1.807) is 11.8 Å². The molecule has 156 valence electrons. The average Bonchev–Trinajstić information content (AvgIpc) is 2.76. The van der Waals surface area contributed by atoms with Gasteiger partial charge in [-0.1, -0.05) is 15.9 Å². The lowest BCUT2D eigenvalue weighted by Gasteiger charge is -2.37. The van der Waals surface area contributed by atoms with E-state index in [0.717, 1.165) is 34.5 Å². The Morgan fingerprint density at radius 3 is 2.33 bits per heavy atom. The van der Waals surface area contributed by atoms with Gasteiger partial charge in [0.05, 0.1) is 0 Å². The number of aryl methyl sites for hydroxylation is 1. The van der Waals surface area contributed by atoms with Crippen LogP contribution < -0.4 is 9.80 Å². The van der Waals surface area contributed by atoms with Crippen LogP contribution in [-0.2, 0) is 16.0 Å². The molecule has 2 heterocycles. The predicted octanol–water partition coefficient (Wildman–Crippen LogP) is 3.28. The molecule has 7 heteroatoms. The molecule has 1 fully saturated rings. The largest absolute Gasteiger partial charge is 0.368 e. The number of hydrogen-bond donors (Lipinski definition) is 0. The lowest BCUT2D eigenvalue weighted by atomic mass is 10.0. The average molecular weight is 470 g/mol. The van der Waals surface area contributed by atoms with Crippen LogP contribution in [0.3, 0.4) is 0 Å². The van der Waals surface area contributed by atoms with Gasteiger partial charge in [0, 0.05) is 54.0 Å². The summed E-state index contributed by atoms with van der Waals surface area (Å²) in [4.78, 5) is 42.5. The van der Waals surface area contributed by atoms with E-state index in [1.165, 1.54) is 0 Å². The molecule has 2 aliphatic rings. The maximum absolute atomic E-state index is 12.9. The van der Waals surface area contributed by atoms with Crippen molar-refractivity contribution in [1.29, 1.82) is 0 Å². The number of piperazine rings is 1. The second-order valence-corrected chi connectivity index (χ2v) is 8.64. The molecule has 2 aromatic rings. The fraction of sp³-hybridized carbons (Fsp3) is 0.348. The number of hydrogen-bond acceptors (Lipinski definition) is 4. The molecule has 0 spiro atoms. The van der Waals surface area contributed by atoms with Gasteiger partial charge in [0.25, 0.3) is 0 Å². The third kappa shape index (κ3) is 4.26. The number of amides is 2. The van der Waals surface area contributed by atoms with Crippen LogP contribution in [-0.4, -0.2) is 55.2 Å². The zero-order chi connectivity index (χ0) is 21.3. The minimum Gasteiger partial charge on any atom is -0.368 e. The van der Waals surface area contributed by atoms with Gasteiger partial charge in [0.15, 0.2) is 5.78 Å². The van der Waals surface area contributed by atoms with Crippen molar-refractivity contribution in [3.63, 3.8) is 0 Å². The number of Topliss-reactive ketones (excluding diaryl/α,β-unsaturated/α-hetero) is 1. The van der Waals surface area contributed by atoms with Crippen molar-refractivity contribution in [3.8, 4) is 0 Å². The van der Waals surface area contributed by atoms with Crippen LogP contribution in [0.1, 0.15) is 29.3 Å². The van der Waals surface area contributed by atoms with E-state index in [1.807, 2.05) is 47.4 Å². The fourth-order valence-corrected chi connectivity index (χ4v) is 4.47. The Labute approximate surface area is 184 Å². The second kappa shape index (κ2) is 8.60. The SMILES string of the molecule is CC(=O)c1ccc(N2CCN(C(=O)CN3C(=O)CCc4cc(Br)ccc43)CC2)cc1. The number of benzene rings is 2. The molecule has 0 aromatic heterocycles. The topological polar surface area (TPSA) is 60.9 Å². The van der Waals surface area contributed by atoms with Crippen molar-refractivity contribution in [2.45, 2.75) is 19.8 Å². The molecule has 6 nitrogen and oxygen atoms in total. The Kier molecular flexibility index (Phi) is 5.90.